The molecule has 0 spiro atoms. The Morgan fingerprint density at radius 2 is 0.500 bits per heavy atom. The lowest BCUT2D eigenvalue weighted by molar-refractivity contribution is 0.569. The van der Waals surface area contributed by atoms with Gasteiger partial charge >= 0.3 is 0 Å². The molecule has 2 aliphatic rings. The highest BCUT2D eigenvalue weighted by atomic mass is 15.2. The van der Waals surface area contributed by atoms with Crippen LogP contribution in [0.15, 0.2) is 291 Å². The first kappa shape index (κ1) is 73.7. The molecule has 0 fully saturated rings. The van der Waals surface area contributed by atoms with Gasteiger partial charge in [-0.15, -0.1) is 0 Å². The van der Waals surface area contributed by atoms with E-state index in [-0.39, 0.29) is 82.1 Å². The lowest BCUT2D eigenvalue weighted by atomic mass is 9.33. The minimum Gasteiger partial charge on any atom is -0.310 e. The van der Waals surface area contributed by atoms with Crippen LogP contribution >= 0.6 is 0 Å². The van der Waals surface area contributed by atoms with E-state index < -0.39 is 130 Å². The smallest absolute Gasteiger partial charge is 0.252 e. The Hall–Kier alpha value is -12.6. The highest BCUT2D eigenvalue weighted by Crippen LogP contribution is 2.59. The second-order valence-corrected chi connectivity index (χ2v) is 48.9. The van der Waals surface area contributed by atoms with Gasteiger partial charge in [-0.2, -0.15) is 0 Å². The quantitative estimate of drug-likeness (QED) is 0.134. The summed E-state index contributed by atoms with van der Waals surface area (Å²) in [7, 11) is 0. The number of benzene rings is 15. The molecule has 0 aliphatic carbocycles. The van der Waals surface area contributed by atoms with Crippen LogP contribution in [0.1, 0.15) is 285 Å². The summed E-state index contributed by atoms with van der Waals surface area (Å²) < 4.78 is 166. The monoisotopic (exact) mass is 1800 g/mol. The van der Waals surface area contributed by atoms with Crippen molar-refractivity contribution in [2.45, 2.75) is 262 Å². The Labute approximate surface area is 833 Å². The molecule has 2 aliphatic heterocycles. The molecule has 6 heteroatoms. The fourth-order valence-corrected chi connectivity index (χ4v) is 21.0. The van der Waals surface area contributed by atoms with E-state index in [1.807, 2.05) is 18.2 Å². The number of hydrogen-bond acceptors (Lipinski definition) is 2. The van der Waals surface area contributed by atoms with Gasteiger partial charge in [0.05, 0.1) is 72.1 Å². The topological polar surface area (TPSA) is 21.3 Å². The summed E-state index contributed by atoms with van der Waals surface area (Å²) in [6.45, 7) is 66.4. The molecule has 136 heavy (non-hydrogen) atoms. The van der Waals surface area contributed by atoms with Gasteiger partial charge in [0.2, 0.25) is 0 Å². The van der Waals surface area contributed by atoms with Gasteiger partial charge in [-0.05, 0) is 258 Å². The molecule has 0 radical (unpaired) electrons. The third-order valence-electron chi connectivity index (χ3n) is 28.9. The summed E-state index contributed by atoms with van der Waals surface area (Å²) in [5.74, 6) is 0. The molecule has 0 saturated carbocycles. The molecule has 0 N–H and O–H groups in total. The molecule has 0 atom stereocenters. The van der Waals surface area contributed by atoms with Gasteiger partial charge in [-0.1, -0.05) is 389 Å². The van der Waals surface area contributed by atoms with Crippen molar-refractivity contribution in [1.29, 1.82) is 0 Å². The Balaban J connectivity index is 1.11. The van der Waals surface area contributed by atoms with Crippen molar-refractivity contribution in [3.8, 4) is 61.6 Å². The molecule has 5 heterocycles. The first-order valence-electron chi connectivity index (χ1n) is 56.5. The molecule has 20 rings (SSSR count). The number of rotatable bonds is 9. The van der Waals surface area contributed by atoms with E-state index in [4.69, 9.17) is 0 Å². The average molecular weight is 1800 g/mol. The zero-order valence-electron chi connectivity index (χ0n) is 101. The molecule has 3 aromatic heterocycles. The Morgan fingerprint density at radius 1 is 0.206 bits per heavy atom. The number of para-hydroxylation sites is 4. The second kappa shape index (κ2) is 31.5. The zero-order valence-corrected chi connectivity index (χ0v) is 85.3. The molecule has 0 bridgehead atoms. The van der Waals surface area contributed by atoms with Gasteiger partial charge in [0, 0.05) is 88.7 Å². The van der Waals surface area contributed by atoms with Gasteiger partial charge in [0.25, 0.3) is 6.71 Å². The van der Waals surface area contributed by atoms with Gasteiger partial charge in [0.1, 0.15) is 0 Å². The van der Waals surface area contributed by atoms with Crippen LogP contribution in [-0.4, -0.2) is 20.4 Å². The van der Waals surface area contributed by atoms with Gasteiger partial charge in [0.15, 0.2) is 0 Å². The van der Waals surface area contributed by atoms with Crippen LogP contribution in [0, 0.1) is 0 Å². The van der Waals surface area contributed by atoms with E-state index in [0.29, 0.717) is 28.4 Å². The average Bonchev–Trinajstić information content (AvgIpc) is 0.962. The molecular formula is C130H138BN5. The zero-order chi connectivity index (χ0) is 111. The molecule has 0 amide bonds. The van der Waals surface area contributed by atoms with Crippen LogP contribution in [-0.2, 0) is 54.1 Å². The SMILES string of the molecule is [2H]c1c([2H])c([2H])c2c(c1[2H])c1c([2H])c([2H])c([2H])c([2H])c1n2-c1ccc2c(c1)N(c1c(-c3ccc(C(C)(C)C)cc3)cc(C(C)(C)C)cc1-c1cc(C(C)(C)C)ccc1C(C)(C)C)c1cc(-n3c4c([2H])c([2H])c([2H])c([2H])c4c4c([2H])c([2H])c([2H])c([2H])c43)cc3c1B2c1ccc(-n2c4ccc(C(C)(C)C)cc4c4cc(C(C)(C)C)ccc42)cc1N3c1c(-c2ccc(C(C)(C)C)cc2)cc(C(C)(C)C)cc1-c1ccc(C(C)(C)C)cc1C(C)(C)C. The Kier molecular flexibility index (Phi) is 17.0. The first-order chi connectivity index (χ1) is 70.4. The van der Waals surface area contributed by atoms with Crippen LogP contribution in [0.2, 0.25) is 0 Å². The van der Waals surface area contributed by atoms with E-state index in [2.05, 4.69) is 398 Å². The molecule has 15 aromatic carbocycles. The maximum Gasteiger partial charge on any atom is 0.252 e. The van der Waals surface area contributed by atoms with E-state index >= 15 is 0 Å². The molecular weight excluding hydrogens is 1640 g/mol. The van der Waals surface area contributed by atoms with Crippen molar-refractivity contribution in [1.82, 2.24) is 13.7 Å². The maximum absolute atomic E-state index is 10.7. The lowest BCUT2D eigenvalue weighted by Crippen LogP contribution is -2.61. The lowest BCUT2D eigenvalue weighted by Gasteiger charge is -2.46. The Bertz CT molecular complexity index is 8720. The van der Waals surface area contributed by atoms with Crippen LogP contribution in [0.4, 0.5) is 34.1 Å². The second-order valence-electron chi connectivity index (χ2n) is 48.9. The summed E-state index contributed by atoms with van der Waals surface area (Å²) >= 11 is 0. The van der Waals surface area contributed by atoms with Crippen molar-refractivity contribution in [2.75, 3.05) is 9.80 Å². The number of hydrogen-bond donors (Lipinski definition) is 0. The fraction of sp³-hybridized carbons (Fsp3) is 0.308. The van der Waals surface area contributed by atoms with E-state index in [9.17, 15) is 21.9 Å². The maximum atomic E-state index is 10.7. The number of anilines is 6. The number of fused-ring (bicyclic) bond motifs is 13. The predicted octanol–water partition coefficient (Wildman–Crippen LogP) is 34.7. The van der Waals surface area contributed by atoms with Crippen LogP contribution in [0.3, 0.4) is 0 Å². The van der Waals surface area contributed by atoms with Gasteiger partial charge in [-0.3, -0.25) is 0 Å². The van der Waals surface area contributed by atoms with Gasteiger partial charge in [-0.25, -0.2) is 0 Å². The predicted molar refractivity (Wildman–Crippen MR) is 592 cm³/mol. The first-order valence-corrected chi connectivity index (χ1v) is 48.5. The minimum atomic E-state index is -0.902. The van der Waals surface area contributed by atoms with Crippen LogP contribution < -0.4 is 26.2 Å². The van der Waals surface area contributed by atoms with Crippen molar-refractivity contribution in [3.05, 3.63) is 346 Å². The summed E-state index contributed by atoms with van der Waals surface area (Å²) in [6, 6.07) is 63.2. The summed E-state index contributed by atoms with van der Waals surface area (Å²) in [6.07, 6.45) is 0. The van der Waals surface area contributed by atoms with E-state index in [1.54, 1.807) is 9.13 Å². The highest BCUT2D eigenvalue weighted by Gasteiger charge is 2.48. The molecule has 686 valence electrons. The van der Waals surface area contributed by atoms with Crippen molar-refractivity contribution >= 4 is 123 Å². The third kappa shape index (κ3) is 15.4. The highest BCUT2D eigenvalue weighted by molar-refractivity contribution is 7.00. The van der Waals surface area contributed by atoms with Crippen molar-refractivity contribution < 1.29 is 21.9 Å². The largest absolute Gasteiger partial charge is 0.310 e. The molecule has 18 aromatic rings. The standard InChI is InChI=1S/C130H138BN5/c1-121(2,3)81-51-47-79(48-52-81)97-70-87(127(19,20)21)72-102(92-61-55-86(126(16,17)18)74-105(92)130(28,29)30)119(97)135-114-76-90(133-112-65-57-84(124(10,11)12)68-100(112)101-69-85(125(13,14)15)58-66-113(101)133)60-64-106(114)131-107-63-59-89(132-108-43-35-31-39-93(108)94-40-32-36-44-109(94)132)75-115(107)136(117-78-91(77-116(135)118(117)131)134-110-45-37-33-41-95(110)96-42-34-38-46-111(96)134)120-98(80-49-53-82(54-50-80)122(4,5)6)71-88(128(22,23)24)73-103(120)99-67-83(123(7,8)9)56-62-104(99)129(25,26)27/h31-78H,1-30H3/i31D,32D,33D,34D,35D,36D,37D,38D,39D,40D,41D,42D,43D,44D,45D,46D. The number of nitrogens with zero attached hydrogens (tertiary/aromatic N) is 5. The van der Waals surface area contributed by atoms with E-state index in [0.717, 1.165) is 150 Å². The minimum absolute atomic E-state index is 0.0882. The summed E-state index contributed by atoms with van der Waals surface area (Å²) in [4.78, 5) is 4.79. The van der Waals surface area contributed by atoms with E-state index in [1.165, 1.54) is 0 Å². The summed E-state index contributed by atoms with van der Waals surface area (Å²) in [5.41, 5.74) is 22.3. The number of aromatic nitrogens is 3. The van der Waals surface area contributed by atoms with Crippen molar-refractivity contribution in [3.63, 3.8) is 0 Å². The normalized spacial score (nSPS) is 15.4. The van der Waals surface area contributed by atoms with Crippen molar-refractivity contribution in [2.24, 2.45) is 0 Å². The van der Waals surface area contributed by atoms with Crippen LogP contribution in [0.25, 0.3) is 127 Å². The van der Waals surface area contributed by atoms with Gasteiger partial charge < -0.3 is 23.5 Å². The fourth-order valence-electron chi connectivity index (χ4n) is 21.0. The molecule has 0 unspecified atom stereocenters. The summed E-state index contributed by atoms with van der Waals surface area (Å²) in [5, 5.41) is 1.68. The third-order valence-corrected chi connectivity index (χ3v) is 28.9. The molecule has 5 nitrogen and oxygen atoms in total. The molecule has 0 saturated heterocycles. The van der Waals surface area contributed by atoms with Crippen LogP contribution in [0.5, 0.6) is 0 Å². The Morgan fingerprint density at radius 3 is 0.868 bits per heavy atom.